The third-order valence-corrected chi connectivity index (χ3v) is 5.52. The van der Waals surface area contributed by atoms with Crippen LogP contribution in [0.4, 0.5) is 5.69 Å². The van der Waals surface area contributed by atoms with Gasteiger partial charge in [-0.3, -0.25) is 4.79 Å². The molecule has 2 N–H and O–H groups in total. The topological polar surface area (TPSA) is 112 Å². The highest BCUT2D eigenvalue weighted by atomic mass is 32.2. The Morgan fingerprint density at radius 1 is 1.46 bits per heavy atom. The van der Waals surface area contributed by atoms with Crippen LogP contribution in [0.5, 0.6) is 5.75 Å². The summed E-state index contributed by atoms with van der Waals surface area (Å²) in [5.41, 5.74) is 0.391. The zero-order valence-corrected chi connectivity index (χ0v) is 16.0. The van der Waals surface area contributed by atoms with Crippen molar-refractivity contribution in [3.05, 3.63) is 18.2 Å². The van der Waals surface area contributed by atoms with Gasteiger partial charge >= 0.3 is 0 Å². The number of methoxy groups -OCH3 is 1. The second-order valence-electron chi connectivity index (χ2n) is 6.66. The van der Waals surface area contributed by atoms with Gasteiger partial charge in [-0.05, 0) is 30.5 Å². The van der Waals surface area contributed by atoms with Crippen molar-refractivity contribution in [3.8, 4) is 11.9 Å². The van der Waals surface area contributed by atoms with Crippen LogP contribution in [0.3, 0.4) is 0 Å². The summed E-state index contributed by atoms with van der Waals surface area (Å²) in [5, 5.41) is 11.6. The molecule has 0 saturated carbocycles. The molecule has 2 rings (SSSR count). The molecule has 26 heavy (non-hydrogen) atoms. The maximum Gasteiger partial charge on any atom is 0.244 e. The van der Waals surface area contributed by atoms with Crippen LogP contribution in [0, 0.1) is 17.4 Å². The molecule has 8 nitrogen and oxygen atoms in total. The van der Waals surface area contributed by atoms with Crippen molar-refractivity contribution >= 4 is 21.6 Å². The number of carbonyl (C=O) groups excluding carboxylic acids is 1. The highest BCUT2D eigenvalue weighted by molar-refractivity contribution is 7.89. The molecule has 1 saturated heterocycles. The van der Waals surface area contributed by atoms with Gasteiger partial charge in [-0.15, -0.1) is 0 Å². The van der Waals surface area contributed by atoms with Gasteiger partial charge < -0.3 is 15.0 Å². The Hall–Kier alpha value is -2.31. The lowest BCUT2D eigenvalue weighted by molar-refractivity contribution is -0.116. The van der Waals surface area contributed by atoms with Gasteiger partial charge in [0.1, 0.15) is 10.6 Å². The van der Waals surface area contributed by atoms with Crippen molar-refractivity contribution in [2.75, 3.05) is 25.5 Å². The normalized spacial score (nSPS) is 17.2. The van der Waals surface area contributed by atoms with E-state index in [0.29, 0.717) is 31.6 Å². The summed E-state index contributed by atoms with van der Waals surface area (Å²) in [6.45, 7) is 4.72. The third-order valence-electron chi connectivity index (χ3n) is 3.98. The van der Waals surface area contributed by atoms with E-state index in [0.717, 1.165) is 0 Å². The molecule has 1 unspecified atom stereocenters. The Kier molecular flexibility index (Phi) is 6.45. The first-order valence-electron chi connectivity index (χ1n) is 8.40. The Morgan fingerprint density at radius 3 is 2.77 bits per heavy atom. The molecule has 1 aromatic rings. The van der Waals surface area contributed by atoms with Crippen molar-refractivity contribution in [2.24, 2.45) is 5.92 Å². The molecule has 1 aliphatic heterocycles. The van der Waals surface area contributed by atoms with E-state index in [9.17, 15) is 13.2 Å². The highest BCUT2D eigenvalue weighted by Gasteiger charge is 2.29. The summed E-state index contributed by atoms with van der Waals surface area (Å²) in [7, 11) is -2.47. The molecule has 1 atom stereocenters. The standard InChI is InChI=1S/C17H24N4O4S/c1-12(2)8-17(22)19-13-4-5-15(25-3)16(9-13)26(23,24)20-14-6-7-21(10-14)11-18/h4-5,9,12,14,20H,6-8,10H2,1-3H3,(H,19,22). The second kappa shape index (κ2) is 8.38. The fourth-order valence-electron chi connectivity index (χ4n) is 2.78. The van der Waals surface area contributed by atoms with E-state index in [1.54, 1.807) is 6.07 Å². The Bertz CT molecular complexity index is 801. The van der Waals surface area contributed by atoms with Crippen LogP contribution in [0.2, 0.25) is 0 Å². The molecule has 0 aromatic heterocycles. The van der Waals surface area contributed by atoms with Gasteiger partial charge in [0.2, 0.25) is 15.9 Å². The van der Waals surface area contributed by atoms with Crippen molar-refractivity contribution in [1.29, 1.82) is 5.26 Å². The quantitative estimate of drug-likeness (QED) is 0.694. The number of ether oxygens (including phenoxy) is 1. The third kappa shape index (κ3) is 5.09. The minimum Gasteiger partial charge on any atom is -0.495 e. The summed E-state index contributed by atoms with van der Waals surface area (Å²) in [6, 6.07) is 4.15. The minimum absolute atomic E-state index is 0.0437. The van der Waals surface area contributed by atoms with E-state index in [4.69, 9.17) is 10.00 Å². The van der Waals surface area contributed by atoms with Gasteiger partial charge in [0.25, 0.3) is 0 Å². The monoisotopic (exact) mass is 380 g/mol. The van der Waals surface area contributed by atoms with Gasteiger partial charge in [-0.2, -0.15) is 5.26 Å². The summed E-state index contributed by atoms with van der Waals surface area (Å²) in [4.78, 5) is 13.4. The number of rotatable bonds is 7. The molecule has 0 bridgehead atoms. The SMILES string of the molecule is COc1ccc(NC(=O)CC(C)C)cc1S(=O)(=O)NC1CCN(C#N)C1. The molecular formula is C17H24N4O4S. The van der Waals surface area contributed by atoms with Gasteiger partial charge in [0, 0.05) is 31.2 Å². The summed E-state index contributed by atoms with van der Waals surface area (Å²) < 4.78 is 33.3. The van der Waals surface area contributed by atoms with Crippen LogP contribution in [0.15, 0.2) is 23.1 Å². The molecule has 1 fully saturated rings. The number of benzene rings is 1. The first-order valence-corrected chi connectivity index (χ1v) is 9.88. The summed E-state index contributed by atoms with van der Waals surface area (Å²) >= 11 is 0. The number of likely N-dealkylation sites (tertiary alicyclic amines) is 1. The number of nitrogens with zero attached hydrogens (tertiary/aromatic N) is 2. The molecule has 1 aliphatic rings. The van der Waals surface area contributed by atoms with Gasteiger partial charge in [0.05, 0.1) is 7.11 Å². The Labute approximate surface area is 154 Å². The minimum atomic E-state index is -3.86. The van der Waals surface area contributed by atoms with E-state index in [1.807, 2.05) is 20.0 Å². The van der Waals surface area contributed by atoms with Crippen LogP contribution in [-0.2, 0) is 14.8 Å². The molecule has 9 heteroatoms. The van der Waals surface area contributed by atoms with Gasteiger partial charge in [-0.25, -0.2) is 13.1 Å². The number of hydrogen-bond acceptors (Lipinski definition) is 6. The van der Waals surface area contributed by atoms with Crippen molar-refractivity contribution in [1.82, 2.24) is 9.62 Å². The fraction of sp³-hybridized carbons (Fsp3) is 0.529. The number of sulfonamides is 1. The first-order chi connectivity index (χ1) is 12.2. The number of carbonyl (C=O) groups is 1. The predicted octanol–water partition coefficient (Wildman–Crippen LogP) is 1.51. The van der Waals surface area contributed by atoms with E-state index in [-0.39, 0.29) is 28.5 Å². The number of hydrogen-bond donors (Lipinski definition) is 2. The van der Waals surface area contributed by atoms with Gasteiger partial charge in [0.15, 0.2) is 6.19 Å². The van der Waals surface area contributed by atoms with E-state index < -0.39 is 10.0 Å². The summed E-state index contributed by atoms with van der Waals surface area (Å²) in [6.07, 6.45) is 2.92. The van der Waals surface area contributed by atoms with Crippen molar-refractivity contribution in [3.63, 3.8) is 0 Å². The number of anilines is 1. The highest BCUT2D eigenvalue weighted by Crippen LogP contribution is 2.28. The lowest BCUT2D eigenvalue weighted by atomic mass is 10.1. The summed E-state index contributed by atoms with van der Waals surface area (Å²) in [5.74, 6) is 0.208. The van der Waals surface area contributed by atoms with E-state index in [2.05, 4.69) is 10.0 Å². The number of nitriles is 1. The molecule has 1 aromatic carbocycles. The lowest BCUT2D eigenvalue weighted by Gasteiger charge is -2.16. The van der Waals surface area contributed by atoms with Crippen molar-refractivity contribution in [2.45, 2.75) is 37.6 Å². The lowest BCUT2D eigenvalue weighted by Crippen LogP contribution is -2.36. The van der Waals surface area contributed by atoms with E-state index >= 15 is 0 Å². The Balaban J connectivity index is 2.21. The molecule has 142 valence electrons. The number of amides is 1. The van der Waals surface area contributed by atoms with Crippen molar-refractivity contribution < 1.29 is 17.9 Å². The maximum absolute atomic E-state index is 12.8. The first kappa shape index (κ1) is 20.0. The molecule has 0 spiro atoms. The molecule has 0 aliphatic carbocycles. The van der Waals surface area contributed by atoms with E-state index in [1.165, 1.54) is 24.1 Å². The molecule has 0 radical (unpaired) electrons. The van der Waals surface area contributed by atoms with Crippen LogP contribution in [0.1, 0.15) is 26.7 Å². The Morgan fingerprint density at radius 2 is 2.19 bits per heavy atom. The molecule has 1 heterocycles. The average molecular weight is 380 g/mol. The molecule has 1 amide bonds. The van der Waals surface area contributed by atoms with Gasteiger partial charge in [-0.1, -0.05) is 13.8 Å². The largest absolute Gasteiger partial charge is 0.495 e. The average Bonchev–Trinajstić information content (AvgIpc) is 3.00. The smallest absolute Gasteiger partial charge is 0.244 e. The zero-order chi connectivity index (χ0) is 19.3. The zero-order valence-electron chi connectivity index (χ0n) is 15.2. The predicted molar refractivity (Wildman–Crippen MR) is 97.0 cm³/mol. The number of nitrogens with one attached hydrogen (secondary N) is 2. The fourth-order valence-corrected chi connectivity index (χ4v) is 4.23. The van der Waals surface area contributed by atoms with Crippen LogP contribution >= 0.6 is 0 Å². The molecular weight excluding hydrogens is 356 g/mol. The van der Waals surface area contributed by atoms with Crippen LogP contribution < -0.4 is 14.8 Å². The second-order valence-corrected chi connectivity index (χ2v) is 8.35. The maximum atomic E-state index is 12.8. The van der Waals surface area contributed by atoms with Crippen LogP contribution in [-0.4, -0.2) is 45.5 Å². The van der Waals surface area contributed by atoms with Crippen LogP contribution in [0.25, 0.3) is 0 Å².